The van der Waals surface area contributed by atoms with Crippen LogP contribution < -0.4 is 5.32 Å². The summed E-state index contributed by atoms with van der Waals surface area (Å²) in [6.45, 7) is 2.34. The van der Waals surface area contributed by atoms with Crippen LogP contribution in [-0.2, 0) is 32.8 Å². The lowest BCUT2D eigenvalue weighted by Gasteiger charge is -2.31. The molecule has 2 amide bonds. The lowest BCUT2D eigenvalue weighted by atomic mass is 9.88. The summed E-state index contributed by atoms with van der Waals surface area (Å²) in [7, 11) is 1.79. The number of ketones is 1. The maximum absolute atomic E-state index is 15.7. The normalized spacial score (nSPS) is 15.9. The molecule has 0 bridgehead atoms. The van der Waals surface area contributed by atoms with Crippen LogP contribution in [0.5, 0.6) is 0 Å². The number of hydrogen-bond acceptors (Lipinski definition) is 8. The number of Topliss-reactive ketones (excluding diaryl/α,β-unsaturated/α-hetero) is 1. The van der Waals surface area contributed by atoms with Gasteiger partial charge in [-0.1, -0.05) is 16.8 Å². The number of aliphatic carboxylic acids is 1. The van der Waals surface area contributed by atoms with Crippen molar-refractivity contribution >= 4 is 51.6 Å². The van der Waals surface area contributed by atoms with E-state index in [1.807, 2.05) is 12.1 Å². The Morgan fingerprint density at radius 1 is 1.11 bits per heavy atom. The van der Waals surface area contributed by atoms with E-state index in [9.17, 15) is 19.2 Å². The molecule has 1 saturated heterocycles. The zero-order valence-electron chi connectivity index (χ0n) is 25.9. The molecule has 2 aromatic carbocycles. The van der Waals surface area contributed by atoms with Gasteiger partial charge in [0.1, 0.15) is 23.4 Å². The molecule has 2 aliphatic heterocycles. The SMILES string of the molecule is CC(=O)CCC(=O)N1CCC(c2nn(CC(=O)NCC3=C/[N+](=C/C(=O)O)N=N3)c3cccc(-c4cc5c(cnn5C)cc4F)c23)CC1. The Morgan fingerprint density at radius 3 is 2.64 bits per heavy atom. The van der Waals surface area contributed by atoms with E-state index in [0.29, 0.717) is 53.7 Å². The number of hydrogen-bond donors (Lipinski definition) is 2. The highest BCUT2D eigenvalue weighted by Crippen LogP contribution is 2.40. The van der Waals surface area contributed by atoms with Gasteiger partial charge in [-0.15, -0.1) is 0 Å². The predicted octanol–water partition coefficient (Wildman–Crippen LogP) is 3.31. The van der Waals surface area contributed by atoms with Crippen molar-refractivity contribution < 1.29 is 33.4 Å². The van der Waals surface area contributed by atoms with Gasteiger partial charge in [0.05, 0.1) is 34.6 Å². The molecule has 0 radical (unpaired) electrons. The molecule has 14 nitrogen and oxygen atoms in total. The molecular weight excluding hydrogens is 609 g/mol. The number of nitrogens with zero attached hydrogens (tertiary/aromatic N) is 8. The van der Waals surface area contributed by atoms with Crippen LogP contribution in [0.3, 0.4) is 0 Å². The Morgan fingerprint density at radius 2 is 1.89 bits per heavy atom. The van der Waals surface area contributed by atoms with Crippen LogP contribution in [0.25, 0.3) is 32.9 Å². The van der Waals surface area contributed by atoms with Crippen molar-refractivity contribution in [1.29, 1.82) is 0 Å². The quantitative estimate of drug-likeness (QED) is 0.250. The van der Waals surface area contributed by atoms with Crippen molar-refractivity contribution in [3.05, 3.63) is 59.9 Å². The van der Waals surface area contributed by atoms with Gasteiger partial charge in [0.25, 0.3) is 0 Å². The Hall–Kier alpha value is -5.60. The Labute approximate surface area is 267 Å². The van der Waals surface area contributed by atoms with E-state index in [1.165, 1.54) is 19.2 Å². The molecule has 4 aromatic rings. The Bertz CT molecular complexity index is 2020. The van der Waals surface area contributed by atoms with Gasteiger partial charge in [-0.05, 0) is 43.5 Å². The van der Waals surface area contributed by atoms with Crippen molar-refractivity contribution in [2.24, 2.45) is 17.4 Å². The highest BCUT2D eigenvalue weighted by molar-refractivity contribution is 6.19. The van der Waals surface area contributed by atoms with Gasteiger partial charge < -0.3 is 20.1 Å². The van der Waals surface area contributed by atoms with E-state index in [0.717, 1.165) is 27.5 Å². The topological polar surface area (TPSA) is 167 Å². The first-order valence-corrected chi connectivity index (χ1v) is 15.2. The highest BCUT2D eigenvalue weighted by atomic mass is 19.1. The number of aromatic nitrogens is 4. The number of aryl methyl sites for hydroxylation is 1. The molecule has 0 aliphatic carbocycles. The number of amides is 2. The number of benzene rings is 2. The van der Waals surface area contributed by atoms with E-state index in [-0.39, 0.29) is 49.4 Å². The van der Waals surface area contributed by atoms with Crippen molar-refractivity contribution in [3.63, 3.8) is 0 Å². The Kier molecular flexibility index (Phi) is 8.70. The van der Waals surface area contributed by atoms with E-state index in [4.69, 9.17) is 10.2 Å². The lowest BCUT2D eigenvalue weighted by Crippen LogP contribution is -2.38. The zero-order chi connectivity index (χ0) is 33.2. The number of halogens is 1. The standard InChI is InChI=1S/C32H32FN9O5/c1-19(43)6-7-29(45)40-10-8-20(9-11-40)32-31-23(24-13-27-21(12-25(24)33)14-35-39(27)2)4-3-5-26(31)42(37-32)17-28(44)34-15-22-16-41(38-36-22)18-30(46)47/h3-5,12-14,16,18,20H,6-11,15,17H2,1-2H3,(H-,34,44,46,47)/p+1/b41-18-. The fourth-order valence-electron chi connectivity index (χ4n) is 6.06. The molecule has 0 atom stereocenters. The third kappa shape index (κ3) is 6.68. The number of carboxylic acids is 1. The second-order valence-corrected chi connectivity index (χ2v) is 11.7. The maximum atomic E-state index is 15.7. The maximum Gasteiger partial charge on any atom is 0.370 e. The fraction of sp³-hybridized carbons (Fsp3) is 0.344. The predicted molar refractivity (Wildman–Crippen MR) is 168 cm³/mol. The minimum absolute atomic E-state index is 0.0235. The fourth-order valence-corrected chi connectivity index (χ4v) is 6.06. The van der Waals surface area contributed by atoms with Crippen LogP contribution in [0, 0.1) is 5.82 Å². The summed E-state index contributed by atoms with van der Waals surface area (Å²) < 4.78 is 20.0. The summed E-state index contributed by atoms with van der Waals surface area (Å²) in [5.41, 5.74) is 3.53. The van der Waals surface area contributed by atoms with Crippen LogP contribution in [-0.4, -0.2) is 83.7 Å². The summed E-state index contributed by atoms with van der Waals surface area (Å²) in [5, 5.41) is 29.8. The van der Waals surface area contributed by atoms with Gasteiger partial charge in [-0.25, -0.2) is 9.18 Å². The van der Waals surface area contributed by atoms with E-state index >= 15 is 4.39 Å². The van der Waals surface area contributed by atoms with Gasteiger partial charge >= 0.3 is 5.97 Å². The molecule has 0 unspecified atom stereocenters. The highest BCUT2D eigenvalue weighted by Gasteiger charge is 2.29. The van der Waals surface area contributed by atoms with E-state index in [1.54, 1.807) is 39.6 Å². The molecule has 2 aliphatic rings. The monoisotopic (exact) mass is 642 g/mol. The van der Waals surface area contributed by atoms with Crippen LogP contribution in [0.2, 0.25) is 0 Å². The van der Waals surface area contributed by atoms with Gasteiger partial charge in [0.15, 0.2) is 6.20 Å². The third-order valence-electron chi connectivity index (χ3n) is 8.42. The molecule has 2 aromatic heterocycles. The minimum atomic E-state index is -1.18. The smallest absolute Gasteiger partial charge is 0.370 e. The second-order valence-electron chi connectivity index (χ2n) is 11.7. The van der Waals surface area contributed by atoms with Crippen LogP contribution in [0.4, 0.5) is 4.39 Å². The first-order chi connectivity index (χ1) is 22.6. The summed E-state index contributed by atoms with van der Waals surface area (Å²) in [6, 6.07) is 8.72. The van der Waals surface area contributed by atoms with Crippen LogP contribution in [0.15, 0.2) is 58.8 Å². The first kappa shape index (κ1) is 31.4. The molecule has 0 spiro atoms. The third-order valence-corrected chi connectivity index (χ3v) is 8.42. The molecule has 6 rings (SSSR count). The average molecular weight is 643 g/mol. The van der Waals surface area contributed by atoms with Crippen LogP contribution >= 0.6 is 0 Å². The van der Waals surface area contributed by atoms with Gasteiger partial charge in [0, 0.05) is 55.2 Å². The minimum Gasteiger partial charge on any atom is -0.475 e. The molecule has 15 heteroatoms. The van der Waals surface area contributed by atoms with Gasteiger partial charge in [0.2, 0.25) is 23.7 Å². The van der Waals surface area contributed by atoms with Crippen LogP contribution in [0.1, 0.15) is 44.2 Å². The summed E-state index contributed by atoms with van der Waals surface area (Å²) >= 11 is 0. The zero-order valence-corrected chi connectivity index (χ0v) is 25.9. The number of nitrogens with one attached hydrogen (secondary N) is 1. The van der Waals surface area contributed by atoms with E-state index < -0.39 is 11.8 Å². The largest absolute Gasteiger partial charge is 0.475 e. The Balaban J connectivity index is 1.31. The number of carbonyl (C=O) groups is 4. The number of rotatable bonds is 10. The molecule has 242 valence electrons. The molecule has 2 N–H and O–H groups in total. The average Bonchev–Trinajstić information content (AvgIpc) is 3.75. The van der Waals surface area contributed by atoms with Crippen molar-refractivity contribution in [1.82, 2.24) is 29.8 Å². The summed E-state index contributed by atoms with van der Waals surface area (Å²) in [4.78, 5) is 49.9. The second kappa shape index (κ2) is 13.0. The summed E-state index contributed by atoms with van der Waals surface area (Å²) in [5.74, 6) is -2.11. The van der Waals surface area contributed by atoms with Crippen molar-refractivity contribution in [3.8, 4) is 11.1 Å². The number of likely N-dealkylation sites (tertiary alicyclic amines) is 1. The lowest BCUT2D eigenvalue weighted by molar-refractivity contribution is -0.458. The molecular formula is C32H33FN9O5+. The summed E-state index contributed by atoms with van der Waals surface area (Å²) in [6.07, 6.45) is 5.48. The number of carboxylic acid groups (broad SMARTS) is 1. The number of carbonyl (C=O) groups excluding carboxylic acids is 3. The number of piperidine rings is 1. The number of fused-ring (bicyclic) bond motifs is 2. The van der Waals surface area contributed by atoms with Crippen molar-refractivity contribution in [2.45, 2.75) is 45.1 Å². The molecule has 4 heterocycles. The van der Waals surface area contributed by atoms with E-state index in [2.05, 4.69) is 20.8 Å². The van der Waals surface area contributed by atoms with Crippen molar-refractivity contribution in [2.75, 3.05) is 19.6 Å². The van der Waals surface area contributed by atoms with Gasteiger partial charge in [-0.2, -0.15) is 10.2 Å². The molecule has 0 saturated carbocycles. The van der Waals surface area contributed by atoms with Gasteiger partial charge in [-0.3, -0.25) is 19.0 Å². The molecule has 47 heavy (non-hydrogen) atoms. The first-order valence-electron chi connectivity index (χ1n) is 15.2. The molecule has 1 fully saturated rings.